The lowest BCUT2D eigenvalue weighted by Crippen LogP contribution is -2.08. The first-order chi connectivity index (χ1) is 10.1. The Hall–Kier alpha value is -3.09. The van der Waals surface area contributed by atoms with Gasteiger partial charge < -0.3 is 4.79 Å². The average Bonchev–Trinajstić information content (AvgIpc) is 2.48. The molecule has 0 radical (unpaired) electrons. The summed E-state index contributed by atoms with van der Waals surface area (Å²) in [4.78, 5) is 32.3. The second-order valence-corrected chi connectivity index (χ2v) is 4.25. The largest absolute Gasteiger partial charge is 0.302 e. The first-order valence-corrected chi connectivity index (χ1v) is 5.98. The van der Waals surface area contributed by atoms with E-state index in [-0.39, 0.29) is 22.5 Å². The van der Waals surface area contributed by atoms with Crippen molar-refractivity contribution in [3.05, 3.63) is 79.9 Å². The van der Waals surface area contributed by atoms with Crippen molar-refractivity contribution in [2.75, 3.05) is 0 Å². The summed E-state index contributed by atoms with van der Waals surface area (Å²) in [5.74, 6) is -1.06. The Bertz CT molecular complexity index is 657. The highest BCUT2D eigenvalue weighted by Crippen LogP contribution is 2.34. The lowest BCUT2D eigenvalue weighted by atomic mass is 9.90. The fraction of sp³-hybridized carbons (Fsp3) is 0.0714. The van der Waals surface area contributed by atoms with Crippen LogP contribution in [-0.2, 0) is 4.79 Å². The van der Waals surface area contributed by atoms with Gasteiger partial charge in [0.15, 0.2) is 0 Å². The van der Waals surface area contributed by atoms with Crippen molar-refractivity contribution in [3.63, 3.8) is 0 Å². The minimum Gasteiger partial charge on any atom is -0.302 e. The Morgan fingerprint density at radius 3 is 1.52 bits per heavy atom. The van der Waals surface area contributed by atoms with Crippen LogP contribution in [0.5, 0.6) is 0 Å². The van der Waals surface area contributed by atoms with Crippen LogP contribution < -0.4 is 0 Å². The zero-order chi connectivity index (χ0) is 15.4. The molecule has 0 saturated heterocycles. The van der Waals surface area contributed by atoms with Gasteiger partial charge in [0.2, 0.25) is 0 Å². The molecule has 0 aromatic heterocycles. The van der Waals surface area contributed by atoms with E-state index in [1.54, 1.807) is 12.1 Å². The molecule has 0 unspecified atom stereocenters. The molecule has 0 aliphatic carbocycles. The number of aldehydes is 1. The quantitative estimate of drug-likeness (QED) is 0.477. The summed E-state index contributed by atoms with van der Waals surface area (Å²) in [6.45, 7) is 0. The zero-order valence-corrected chi connectivity index (χ0v) is 10.7. The van der Waals surface area contributed by atoms with E-state index in [0.717, 1.165) is 0 Å². The van der Waals surface area contributed by atoms with Gasteiger partial charge in [0.05, 0.1) is 15.8 Å². The molecule has 7 nitrogen and oxygen atoms in total. The highest BCUT2D eigenvalue weighted by atomic mass is 16.6. The van der Waals surface area contributed by atoms with Crippen LogP contribution in [0.2, 0.25) is 0 Å². The van der Waals surface area contributed by atoms with Crippen LogP contribution in [-0.4, -0.2) is 16.1 Å². The van der Waals surface area contributed by atoms with Crippen molar-refractivity contribution >= 4 is 17.7 Å². The second-order valence-electron chi connectivity index (χ2n) is 4.25. The fourth-order valence-corrected chi connectivity index (χ4v) is 2.15. The minimum absolute atomic E-state index is 0.131. The van der Waals surface area contributed by atoms with Crippen LogP contribution in [0.25, 0.3) is 0 Å². The molecule has 0 fully saturated rings. The van der Waals surface area contributed by atoms with Crippen LogP contribution in [0.4, 0.5) is 11.4 Å². The molecule has 0 N–H and O–H groups in total. The molecule has 0 aliphatic rings. The first-order valence-electron chi connectivity index (χ1n) is 5.98. The predicted octanol–water partition coefficient (Wildman–Crippen LogP) is 2.83. The molecule has 0 saturated carbocycles. The van der Waals surface area contributed by atoms with E-state index in [1.807, 2.05) is 0 Å². The topological polar surface area (TPSA) is 103 Å². The van der Waals surface area contributed by atoms with E-state index in [4.69, 9.17) is 0 Å². The molecule has 7 heteroatoms. The smallest absolute Gasteiger partial charge is 0.273 e. The number of benzene rings is 2. The standard InChI is InChI=1S/C14H10N2O5/c17-9-12(10-5-1-3-7-13(10)15(18)19)11-6-2-4-8-14(11)16(20)21/h1-9,12H. The van der Waals surface area contributed by atoms with E-state index >= 15 is 0 Å². The molecular formula is C14H10N2O5. The Balaban J connectivity index is 2.64. The Morgan fingerprint density at radius 2 is 1.19 bits per heavy atom. The molecule has 106 valence electrons. The van der Waals surface area contributed by atoms with Gasteiger partial charge in [-0.1, -0.05) is 36.4 Å². The average molecular weight is 286 g/mol. The van der Waals surface area contributed by atoms with Gasteiger partial charge in [-0.25, -0.2) is 0 Å². The van der Waals surface area contributed by atoms with E-state index in [9.17, 15) is 25.0 Å². The monoisotopic (exact) mass is 286 g/mol. The molecule has 2 aromatic rings. The summed E-state index contributed by atoms with van der Waals surface area (Å²) in [6.07, 6.45) is 0.477. The molecular weight excluding hydrogens is 276 g/mol. The highest BCUT2D eigenvalue weighted by Gasteiger charge is 2.28. The van der Waals surface area contributed by atoms with Gasteiger partial charge in [-0.15, -0.1) is 0 Å². The number of hydrogen-bond acceptors (Lipinski definition) is 5. The van der Waals surface area contributed by atoms with Gasteiger partial charge in [0.1, 0.15) is 6.29 Å². The summed E-state index contributed by atoms with van der Waals surface area (Å²) < 4.78 is 0. The summed E-state index contributed by atoms with van der Waals surface area (Å²) in [7, 11) is 0. The van der Waals surface area contributed by atoms with Gasteiger partial charge >= 0.3 is 0 Å². The van der Waals surface area contributed by atoms with Crippen molar-refractivity contribution in [2.24, 2.45) is 0 Å². The highest BCUT2D eigenvalue weighted by molar-refractivity contribution is 5.73. The molecule has 0 spiro atoms. The maximum atomic E-state index is 11.4. The van der Waals surface area contributed by atoms with Crippen LogP contribution in [0, 0.1) is 20.2 Å². The van der Waals surface area contributed by atoms with Crippen molar-refractivity contribution in [3.8, 4) is 0 Å². The first kappa shape index (κ1) is 14.3. The molecule has 2 aromatic carbocycles. The lowest BCUT2D eigenvalue weighted by molar-refractivity contribution is -0.386. The van der Waals surface area contributed by atoms with Crippen molar-refractivity contribution in [2.45, 2.75) is 5.92 Å². The van der Waals surface area contributed by atoms with E-state index in [1.165, 1.54) is 36.4 Å². The summed E-state index contributed by atoms with van der Waals surface area (Å²) in [6, 6.07) is 11.4. The SMILES string of the molecule is O=CC(c1ccccc1[N+](=O)[O-])c1ccccc1[N+](=O)[O-]. The maximum absolute atomic E-state index is 11.4. The molecule has 2 rings (SSSR count). The maximum Gasteiger partial charge on any atom is 0.273 e. The number of rotatable bonds is 5. The molecule has 0 aliphatic heterocycles. The number of nitro benzene ring substituents is 2. The number of carbonyl (C=O) groups is 1. The van der Waals surface area contributed by atoms with Crippen LogP contribution in [0.1, 0.15) is 17.0 Å². The van der Waals surface area contributed by atoms with Crippen LogP contribution in [0.3, 0.4) is 0 Å². The van der Waals surface area contributed by atoms with E-state index < -0.39 is 15.8 Å². The fourth-order valence-electron chi connectivity index (χ4n) is 2.15. The van der Waals surface area contributed by atoms with Gasteiger partial charge in [-0.2, -0.15) is 0 Å². The Kier molecular flexibility index (Phi) is 4.03. The third-order valence-corrected chi connectivity index (χ3v) is 3.07. The lowest BCUT2D eigenvalue weighted by Gasteiger charge is -2.11. The number of carbonyl (C=O) groups excluding carboxylic acids is 1. The second kappa shape index (κ2) is 5.91. The zero-order valence-electron chi connectivity index (χ0n) is 10.7. The molecule has 0 atom stereocenters. The molecule has 21 heavy (non-hydrogen) atoms. The number of nitro groups is 2. The predicted molar refractivity (Wildman–Crippen MR) is 74.1 cm³/mol. The molecule has 0 bridgehead atoms. The molecule has 0 heterocycles. The van der Waals surface area contributed by atoms with Crippen molar-refractivity contribution in [1.29, 1.82) is 0 Å². The summed E-state index contributed by atoms with van der Waals surface area (Å²) in [5.41, 5.74) is -0.223. The van der Waals surface area contributed by atoms with Gasteiger partial charge in [0.25, 0.3) is 11.4 Å². The van der Waals surface area contributed by atoms with E-state index in [2.05, 4.69) is 0 Å². The third kappa shape index (κ3) is 2.76. The van der Waals surface area contributed by atoms with Crippen LogP contribution >= 0.6 is 0 Å². The van der Waals surface area contributed by atoms with Gasteiger partial charge in [0, 0.05) is 23.3 Å². The van der Waals surface area contributed by atoms with Gasteiger partial charge in [-0.3, -0.25) is 20.2 Å². The normalized spacial score (nSPS) is 10.3. The molecule has 0 amide bonds. The number of nitrogens with zero attached hydrogens (tertiary/aromatic N) is 2. The Labute approximate surface area is 119 Å². The third-order valence-electron chi connectivity index (χ3n) is 3.07. The number of para-hydroxylation sites is 2. The van der Waals surface area contributed by atoms with E-state index in [0.29, 0.717) is 6.29 Å². The Morgan fingerprint density at radius 1 is 0.810 bits per heavy atom. The van der Waals surface area contributed by atoms with Gasteiger partial charge in [-0.05, 0) is 0 Å². The van der Waals surface area contributed by atoms with Crippen molar-refractivity contribution in [1.82, 2.24) is 0 Å². The summed E-state index contributed by atoms with van der Waals surface area (Å²) >= 11 is 0. The van der Waals surface area contributed by atoms with Crippen molar-refractivity contribution < 1.29 is 14.6 Å². The number of hydrogen-bond donors (Lipinski definition) is 0. The minimum atomic E-state index is -1.06. The summed E-state index contributed by atoms with van der Waals surface area (Å²) in [5, 5.41) is 22.1. The van der Waals surface area contributed by atoms with Crippen LogP contribution in [0.15, 0.2) is 48.5 Å².